The molecule has 1 saturated heterocycles. The van der Waals surface area contributed by atoms with E-state index in [9.17, 15) is 4.79 Å². The van der Waals surface area contributed by atoms with Crippen LogP contribution >= 0.6 is 0 Å². The van der Waals surface area contributed by atoms with Gasteiger partial charge >= 0.3 is 5.97 Å². The molecule has 0 atom stereocenters. The van der Waals surface area contributed by atoms with Crippen molar-refractivity contribution in [3.8, 4) is 0 Å². The lowest BCUT2D eigenvalue weighted by Gasteiger charge is -1.98. The van der Waals surface area contributed by atoms with E-state index in [1.807, 2.05) is 0 Å². The molecule has 1 rings (SSSR count). The lowest BCUT2D eigenvalue weighted by Crippen LogP contribution is -2.19. The van der Waals surface area contributed by atoms with Gasteiger partial charge in [-0.2, -0.15) is 0 Å². The Morgan fingerprint density at radius 3 is 2.25 bits per heavy atom. The Bertz CT molecular complexity index is 94.2. The molecule has 1 aliphatic rings. The molecule has 4 nitrogen and oxygen atoms in total. The number of carboxylic acid groups (broad SMARTS) is 1. The third kappa shape index (κ3) is 0.962. The predicted molar refractivity (Wildman–Crippen MR) is 23.3 cm³/mol. The monoisotopic (exact) mass is 118 g/mol. The molecule has 4 heteroatoms. The number of aliphatic carboxylic acids is 1. The fraction of sp³-hybridized carbons (Fsp3) is 0.750. The second kappa shape index (κ2) is 2.11. The van der Waals surface area contributed by atoms with Crippen molar-refractivity contribution in [1.82, 2.24) is 0 Å². The van der Waals surface area contributed by atoms with Gasteiger partial charge in [0.1, 0.15) is 0 Å². The number of ether oxygens (including phenoxy) is 2. The van der Waals surface area contributed by atoms with E-state index in [0.29, 0.717) is 13.2 Å². The highest BCUT2D eigenvalue weighted by molar-refractivity contribution is 5.70. The summed E-state index contributed by atoms with van der Waals surface area (Å²) in [5.74, 6) is -1.05. The van der Waals surface area contributed by atoms with Crippen LogP contribution in [-0.4, -0.2) is 30.6 Å². The number of hydrogen-bond acceptors (Lipinski definition) is 3. The summed E-state index contributed by atoms with van der Waals surface area (Å²) in [6, 6.07) is 0. The summed E-state index contributed by atoms with van der Waals surface area (Å²) in [5.41, 5.74) is 0. The smallest absolute Gasteiger partial charge is 0.361 e. The van der Waals surface area contributed by atoms with Crippen LogP contribution in [0.5, 0.6) is 0 Å². The van der Waals surface area contributed by atoms with Gasteiger partial charge in [0, 0.05) is 0 Å². The van der Waals surface area contributed by atoms with Crippen molar-refractivity contribution in [2.75, 3.05) is 13.2 Å². The maximum Gasteiger partial charge on any atom is 0.361 e. The largest absolute Gasteiger partial charge is 0.477 e. The first-order chi connectivity index (χ1) is 3.80. The summed E-state index contributed by atoms with van der Waals surface area (Å²) in [4.78, 5) is 9.95. The molecule has 1 heterocycles. The number of carbonyl (C=O) groups is 1. The lowest BCUT2D eigenvalue weighted by molar-refractivity contribution is -0.165. The van der Waals surface area contributed by atoms with Gasteiger partial charge < -0.3 is 14.6 Å². The minimum atomic E-state index is -1.05. The molecule has 0 amide bonds. The van der Waals surface area contributed by atoms with E-state index in [1.54, 1.807) is 0 Å². The van der Waals surface area contributed by atoms with Gasteiger partial charge in [0.2, 0.25) is 0 Å². The first-order valence-electron chi connectivity index (χ1n) is 2.27. The highest BCUT2D eigenvalue weighted by Crippen LogP contribution is 2.01. The van der Waals surface area contributed by atoms with Crippen LogP contribution in [0.3, 0.4) is 0 Å². The van der Waals surface area contributed by atoms with Crippen LogP contribution in [0, 0.1) is 0 Å². The molecule has 0 spiro atoms. The average Bonchev–Trinajstić information content (AvgIpc) is 2.12. The van der Waals surface area contributed by atoms with Crippen LogP contribution in [0.15, 0.2) is 0 Å². The van der Waals surface area contributed by atoms with Crippen molar-refractivity contribution in [2.24, 2.45) is 0 Å². The minimum Gasteiger partial charge on any atom is -0.477 e. The highest BCUT2D eigenvalue weighted by atomic mass is 16.7. The highest BCUT2D eigenvalue weighted by Gasteiger charge is 2.22. The molecule has 0 aromatic carbocycles. The molecule has 0 unspecified atom stereocenters. The number of carboxylic acids is 1. The average molecular weight is 118 g/mol. The molecule has 0 saturated carbocycles. The summed E-state index contributed by atoms with van der Waals surface area (Å²) >= 11 is 0. The molecule has 1 aliphatic heterocycles. The molecule has 1 N–H and O–H groups in total. The van der Waals surface area contributed by atoms with E-state index in [0.717, 1.165) is 0 Å². The second-order valence-electron chi connectivity index (χ2n) is 1.41. The Hall–Kier alpha value is -0.610. The SMILES string of the molecule is O=C(O)C1OCCO1. The molecule has 8 heavy (non-hydrogen) atoms. The van der Waals surface area contributed by atoms with Gasteiger partial charge in [-0.15, -0.1) is 0 Å². The van der Waals surface area contributed by atoms with Gasteiger partial charge in [0.25, 0.3) is 6.29 Å². The van der Waals surface area contributed by atoms with Crippen LogP contribution in [-0.2, 0) is 14.3 Å². The fourth-order valence-corrected chi connectivity index (χ4v) is 0.501. The van der Waals surface area contributed by atoms with Gasteiger partial charge in [-0.3, -0.25) is 0 Å². The van der Waals surface area contributed by atoms with Crippen molar-refractivity contribution >= 4 is 5.97 Å². The topological polar surface area (TPSA) is 55.8 Å². The Labute approximate surface area is 46.0 Å². The zero-order valence-electron chi connectivity index (χ0n) is 4.16. The van der Waals surface area contributed by atoms with Crippen LogP contribution < -0.4 is 0 Å². The predicted octanol–water partition coefficient (Wildman–Crippen LogP) is -0.556. The summed E-state index contributed by atoms with van der Waals surface area (Å²) < 4.78 is 9.19. The minimum absolute atomic E-state index is 0.386. The van der Waals surface area contributed by atoms with E-state index in [2.05, 4.69) is 9.47 Å². The fourth-order valence-electron chi connectivity index (χ4n) is 0.501. The summed E-state index contributed by atoms with van der Waals surface area (Å²) in [5, 5.41) is 8.16. The van der Waals surface area contributed by atoms with E-state index >= 15 is 0 Å². The van der Waals surface area contributed by atoms with E-state index < -0.39 is 12.3 Å². The lowest BCUT2D eigenvalue weighted by atomic mass is 10.7. The molecule has 0 aromatic heterocycles. The van der Waals surface area contributed by atoms with Crippen LogP contribution in [0.2, 0.25) is 0 Å². The molecule has 46 valence electrons. The van der Waals surface area contributed by atoms with Crippen LogP contribution in [0.1, 0.15) is 0 Å². The van der Waals surface area contributed by atoms with E-state index in [-0.39, 0.29) is 0 Å². The maximum absolute atomic E-state index is 9.95. The van der Waals surface area contributed by atoms with Gasteiger partial charge in [0.15, 0.2) is 0 Å². The first kappa shape index (κ1) is 5.53. The van der Waals surface area contributed by atoms with Crippen molar-refractivity contribution in [3.63, 3.8) is 0 Å². The Morgan fingerprint density at radius 1 is 1.50 bits per heavy atom. The van der Waals surface area contributed by atoms with E-state index in [4.69, 9.17) is 5.11 Å². The summed E-state index contributed by atoms with van der Waals surface area (Å²) in [6.45, 7) is 0.772. The zero-order chi connectivity index (χ0) is 5.98. The van der Waals surface area contributed by atoms with Gasteiger partial charge in [-0.05, 0) is 0 Å². The summed E-state index contributed by atoms with van der Waals surface area (Å²) in [7, 11) is 0. The first-order valence-corrected chi connectivity index (χ1v) is 2.27. The number of rotatable bonds is 1. The molecule has 0 aromatic rings. The zero-order valence-corrected chi connectivity index (χ0v) is 4.16. The number of hydrogen-bond donors (Lipinski definition) is 1. The van der Waals surface area contributed by atoms with Crippen molar-refractivity contribution < 1.29 is 19.4 Å². The van der Waals surface area contributed by atoms with Crippen molar-refractivity contribution in [3.05, 3.63) is 0 Å². The van der Waals surface area contributed by atoms with Gasteiger partial charge in [-0.25, -0.2) is 4.79 Å². The molecule has 1 fully saturated rings. The quantitative estimate of drug-likeness (QED) is 0.501. The standard InChI is InChI=1S/C4H6O4/c5-3(6)4-7-1-2-8-4/h4H,1-2H2,(H,5,6). The Kier molecular flexibility index (Phi) is 1.45. The Morgan fingerprint density at radius 2 is 2.00 bits per heavy atom. The maximum atomic E-state index is 9.95. The second-order valence-corrected chi connectivity index (χ2v) is 1.41. The van der Waals surface area contributed by atoms with Gasteiger partial charge in [0.05, 0.1) is 13.2 Å². The van der Waals surface area contributed by atoms with E-state index in [1.165, 1.54) is 0 Å². The third-order valence-corrected chi connectivity index (χ3v) is 0.823. The van der Waals surface area contributed by atoms with Gasteiger partial charge in [-0.1, -0.05) is 0 Å². The molecule has 0 radical (unpaired) electrons. The molecular formula is C4H6O4. The molecular weight excluding hydrogens is 112 g/mol. The van der Waals surface area contributed by atoms with Crippen LogP contribution in [0.4, 0.5) is 0 Å². The normalized spacial score (nSPS) is 21.5. The van der Waals surface area contributed by atoms with Crippen molar-refractivity contribution in [1.29, 1.82) is 0 Å². The van der Waals surface area contributed by atoms with Crippen molar-refractivity contribution in [2.45, 2.75) is 6.29 Å². The van der Waals surface area contributed by atoms with Crippen LogP contribution in [0.25, 0.3) is 0 Å². The molecule has 0 bridgehead atoms. The molecule has 0 aliphatic carbocycles. The summed E-state index contributed by atoms with van der Waals surface area (Å²) in [6.07, 6.45) is -1.02. The third-order valence-electron chi connectivity index (χ3n) is 0.823. The Balaban J connectivity index is 2.35.